The smallest absolute Gasteiger partial charge is 0.249 e. The topological polar surface area (TPSA) is 98.5 Å². The molecular formula is C16H18ClN7OS. The average molecular weight is 392 g/mol. The zero-order valence-corrected chi connectivity index (χ0v) is 15.8. The molecule has 0 saturated carbocycles. The Balaban J connectivity index is 1.54. The Morgan fingerprint density at radius 1 is 1.19 bits per heavy atom. The lowest BCUT2D eigenvalue weighted by molar-refractivity contribution is -0.117. The Morgan fingerprint density at radius 2 is 2.00 bits per heavy atom. The van der Waals surface area contributed by atoms with Crippen LogP contribution in [0.15, 0.2) is 24.3 Å². The highest BCUT2D eigenvalue weighted by molar-refractivity contribution is 7.15. The van der Waals surface area contributed by atoms with Crippen molar-refractivity contribution in [1.82, 2.24) is 30.4 Å². The number of halogens is 1. The molecule has 0 atom stereocenters. The fourth-order valence-corrected chi connectivity index (χ4v) is 3.17. The highest BCUT2D eigenvalue weighted by Gasteiger charge is 2.12. The Morgan fingerprint density at radius 3 is 2.77 bits per heavy atom. The van der Waals surface area contributed by atoms with Crippen LogP contribution in [0.4, 0.5) is 5.13 Å². The summed E-state index contributed by atoms with van der Waals surface area (Å²) in [4.78, 5) is 13.4. The second-order valence-electron chi connectivity index (χ2n) is 5.66. The molecule has 1 N–H and O–H groups in total. The van der Waals surface area contributed by atoms with Gasteiger partial charge in [-0.2, -0.15) is 4.80 Å². The summed E-state index contributed by atoms with van der Waals surface area (Å²) >= 11 is 7.26. The highest BCUT2D eigenvalue weighted by atomic mass is 35.5. The van der Waals surface area contributed by atoms with Crippen molar-refractivity contribution < 1.29 is 4.79 Å². The van der Waals surface area contributed by atoms with Crippen LogP contribution in [0.3, 0.4) is 0 Å². The number of carbonyl (C=O) groups is 1. The van der Waals surface area contributed by atoms with Gasteiger partial charge in [0.1, 0.15) is 11.6 Å². The van der Waals surface area contributed by atoms with Gasteiger partial charge in [0, 0.05) is 17.0 Å². The SMILES string of the molecule is CCCCCc1nnc(NC(=O)Cn2nnc(-c3ccc(Cl)cc3)n2)s1. The maximum Gasteiger partial charge on any atom is 0.249 e. The lowest BCUT2D eigenvalue weighted by Crippen LogP contribution is -2.20. The first-order chi connectivity index (χ1) is 12.6. The van der Waals surface area contributed by atoms with Crippen molar-refractivity contribution in [2.45, 2.75) is 39.2 Å². The van der Waals surface area contributed by atoms with E-state index in [0.29, 0.717) is 16.0 Å². The van der Waals surface area contributed by atoms with Crippen LogP contribution in [0.1, 0.15) is 31.2 Å². The largest absolute Gasteiger partial charge is 0.299 e. The number of unbranched alkanes of at least 4 members (excludes halogenated alkanes) is 2. The lowest BCUT2D eigenvalue weighted by atomic mass is 10.2. The number of nitrogens with one attached hydrogen (secondary N) is 1. The number of amides is 1. The van der Waals surface area contributed by atoms with Crippen LogP contribution >= 0.6 is 22.9 Å². The van der Waals surface area contributed by atoms with E-state index in [1.54, 1.807) is 24.3 Å². The number of aryl methyl sites for hydroxylation is 1. The van der Waals surface area contributed by atoms with Crippen molar-refractivity contribution >= 4 is 34.0 Å². The van der Waals surface area contributed by atoms with Gasteiger partial charge in [-0.3, -0.25) is 10.1 Å². The zero-order valence-electron chi connectivity index (χ0n) is 14.2. The molecule has 2 heterocycles. The van der Waals surface area contributed by atoms with Crippen molar-refractivity contribution in [3.8, 4) is 11.4 Å². The third-order valence-electron chi connectivity index (χ3n) is 3.55. The minimum absolute atomic E-state index is 0.0503. The third-order valence-corrected chi connectivity index (χ3v) is 4.70. The first kappa shape index (κ1) is 18.4. The van der Waals surface area contributed by atoms with Crippen LogP contribution in [0.2, 0.25) is 5.02 Å². The summed E-state index contributed by atoms with van der Waals surface area (Å²) in [7, 11) is 0. The number of tetrazole rings is 1. The molecule has 26 heavy (non-hydrogen) atoms. The number of carbonyl (C=O) groups excluding carboxylic acids is 1. The van der Waals surface area contributed by atoms with E-state index < -0.39 is 0 Å². The van der Waals surface area contributed by atoms with Gasteiger partial charge in [0.25, 0.3) is 0 Å². The van der Waals surface area contributed by atoms with E-state index in [4.69, 9.17) is 11.6 Å². The van der Waals surface area contributed by atoms with Crippen molar-refractivity contribution in [2.75, 3.05) is 5.32 Å². The van der Waals surface area contributed by atoms with E-state index >= 15 is 0 Å². The molecule has 0 bridgehead atoms. The predicted octanol–water partition coefficient (Wildman–Crippen LogP) is 3.22. The molecule has 0 aliphatic heterocycles. The highest BCUT2D eigenvalue weighted by Crippen LogP contribution is 2.18. The van der Waals surface area contributed by atoms with Crippen molar-refractivity contribution in [3.05, 3.63) is 34.3 Å². The molecule has 3 rings (SSSR count). The van der Waals surface area contributed by atoms with E-state index in [2.05, 4.69) is 37.8 Å². The molecule has 0 aliphatic rings. The van der Waals surface area contributed by atoms with Crippen LogP contribution in [0.5, 0.6) is 0 Å². The number of nitrogens with zero attached hydrogens (tertiary/aromatic N) is 6. The fraction of sp³-hybridized carbons (Fsp3) is 0.375. The molecule has 0 fully saturated rings. The zero-order chi connectivity index (χ0) is 18.4. The van der Waals surface area contributed by atoms with E-state index in [-0.39, 0.29) is 12.5 Å². The van der Waals surface area contributed by atoms with Crippen LogP contribution < -0.4 is 5.32 Å². The van der Waals surface area contributed by atoms with Gasteiger partial charge in [0.15, 0.2) is 0 Å². The Labute approximate surface area is 159 Å². The number of rotatable bonds is 8. The van der Waals surface area contributed by atoms with Crippen LogP contribution in [-0.2, 0) is 17.8 Å². The monoisotopic (exact) mass is 391 g/mol. The fourth-order valence-electron chi connectivity index (χ4n) is 2.24. The molecule has 1 amide bonds. The molecule has 136 valence electrons. The van der Waals surface area contributed by atoms with Gasteiger partial charge < -0.3 is 0 Å². The van der Waals surface area contributed by atoms with Gasteiger partial charge in [-0.25, -0.2) is 0 Å². The standard InChI is InChI=1S/C16H18ClN7OS/c1-2-3-4-5-14-19-21-16(26-14)18-13(25)10-24-22-15(20-23-24)11-6-8-12(17)9-7-11/h6-9H,2-5,10H2,1H3,(H,18,21,25). The minimum Gasteiger partial charge on any atom is -0.299 e. The summed E-state index contributed by atoms with van der Waals surface area (Å²) in [6, 6.07) is 7.09. The van der Waals surface area contributed by atoms with Crippen LogP contribution in [0, 0.1) is 0 Å². The predicted molar refractivity (Wildman–Crippen MR) is 100 cm³/mol. The number of hydrogen-bond donors (Lipinski definition) is 1. The van der Waals surface area contributed by atoms with Gasteiger partial charge in [-0.05, 0) is 35.9 Å². The van der Waals surface area contributed by atoms with E-state index in [9.17, 15) is 4.79 Å². The molecule has 0 aliphatic carbocycles. The summed E-state index contributed by atoms with van der Waals surface area (Å²) in [5.74, 6) is 0.157. The molecule has 2 aromatic heterocycles. The third kappa shape index (κ3) is 5.06. The van der Waals surface area contributed by atoms with Crippen LogP contribution in [-0.4, -0.2) is 36.3 Å². The van der Waals surface area contributed by atoms with Crippen molar-refractivity contribution in [1.29, 1.82) is 0 Å². The van der Waals surface area contributed by atoms with E-state index in [0.717, 1.165) is 36.3 Å². The van der Waals surface area contributed by atoms with Crippen molar-refractivity contribution in [2.24, 2.45) is 0 Å². The van der Waals surface area contributed by atoms with Gasteiger partial charge in [0.05, 0.1) is 0 Å². The second kappa shape index (κ2) is 8.81. The van der Waals surface area contributed by atoms with Gasteiger partial charge in [0.2, 0.25) is 16.9 Å². The molecule has 0 radical (unpaired) electrons. The van der Waals surface area contributed by atoms with Gasteiger partial charge in [-0.15, -0.1) is 20.4 Å². The summed E-state index contributed by atoms with van der Waals surface area (Å²) in [6.07, 6.45) is 4.28. The maximum atomic E-state index is 12.1. The maximum absolute atomic E-state index is 12.1. The number of hydrogen-bond acceptors (Lipinski definition) is 7. The van der Waals surface area contributed by atoms with Gasteiger partial charge >= 0.3 is 0 Å². The number of anilines is 1. The first-order valence-corrected chi connectivity index (χ1v) is 9.49. The van der Waals surface area contributed by atoms with E-state index in [1.165, 1.54) is 16.1 Å². The normalized spacial score (nSPS) is 10.8. The van der Waals surface area contributed by atoms with Crippen molar-refractivity contribution in [3.63, 3.8) is 0 Å². The minimum atomic E-state index is -0.277. The summed E-state index contributed by atoms with van der Waals surface area (Å²) in [6.45, 7) is 2.10. The van der Waals surface area contributed by atoms with Crippen LogP contribution in [0.25, 0.3) is 11.4 Å². The Kier molecular flexibility index (Phi) is 6.24. The molecule has 3 aromatic rings. The Hall–Kier alpha value is -2.39. The first-order valence-electron chi connectivity index (χ1n) is 8.30. The number of aromatic nitrogens is 6. The molecule has 0 unspecified atom stereocenters. The quantitative estimate of drug-likeness (QED) is 0.592. The summed E-state index contributed by atoms with van der Waals surface area (Å²) in [5, 5.41) is 24.9. The van der Waals surface area contributed by atoms with E-state index in [1.807, 2.05) is 0 Å². The molecule has 0 spiro atoms. The molecule has 1 aromatic carbocycles. The molecule has 10 heteroatoms. The number of benzene rings is 1. The molecular weight excluding hydrogens is 374 g/mol. The lowest BCUT2D eigenvalue weighted by Gasteiger charge is -1.99. The Bertz CT molecular complexity index is 862. The second-order valence-corrected chi connectivity index (χ2v) is 7.16. The molecule has 8 nitrogen and oxygen atoms in total. The average Bonchev–Trinajstić information content (AvgIpc) is 3.25. The summed E-state index contributed by atoms with van der Waals surface area (Å²) < 4.78 is 0. The molecule has 0 saturated heterocycles. The summed E-state index contributed by atoms with van der Waals surface area (Å²) in [5.41, 5.74) is 0.780. The van der Waals surface area contributed by atoms with Gasteiger partial charge in [-0.1, -0.05) is 42.7 Å².